The van der Waals surface area contributed by atoms with Crippen LogP contribution in [0.1, 0.15) is 29.8 Å². The smallest absolute Gasteiger partial charge is 0.230 e. The molecule has 0 atom stereocenters. The van der Waals surface area contributed by atoms with Crippen LogP contribution in [0.2, 0.25) is 0 Å². The van der Waals surface area contributed by atoms with Crippen molar-refractivity contribution in [2.24, 2.45) is 0 Å². The third kappa shape index (κ3) is 3.14. The molecule has 1 aromatic heterocycles. The Morgan fingerprint density at radius 3 is 2.45 bits per heavy atom. The Morgan fingerprint density at radius 1 is 1.05 bits per heavy atom. The van der Waals surface area contributed by atoms with Crippen molar-refractivity contribution in [3.63, 3.8) is 0 Å². The molecule has 0 N–H and O–H groups in total. The van der Waals surface area contributed by atoms with Gasteiger partial charge in [0.25, 0.3) is 0 Å². The first kappa shape index (κ1) is 15.0. The van der Waals surface area contributed by atoms with Crippen LogP contribution in [-0.2, 0) is 13.0 Å². The molecule has 3 rings (SSSR count). The number of benzene rings is 1. The van der Waals surface area contributed by atoms with Crippen LogP contribution in [0.15, 0.2) is 22.6 Å². The molecule has 2 aromatic rings. The van der Waals surface area contributed by atoms with E-state index >= 15 is 0 Å². The van der Waals surface area contributed by atoms with Gasteiger partial charge in [-0.3, -0.25) is 4.90 Å². The molecule has 0 radical (unpaired) electrons. The molecule has 1 aromatic carbocycles. The van der Waals surface area contributed by atoms with Crippen LogP contribution in [-0.4, -0.2) is 41.3 Å². The number of anilines is 1. The van der Waals surface area contributed by atoms with E-state index in [1.54, 1.807) is 0 Å². The number of rotatable bonds is 4. The Kier molecular flexibility index (Phi) is 4.43. The average Bonchev–Trinajstić information content (AvgIpc) is 2.99. The van der Waals surface area contributed by atoms with Crippen molar-refractivity contribution in [1.29, 1.82) is 0 Å². The lowest BCUT2D eigenvalue weighted by atomic mass is 10.1. The molecule has 5 heteroatoms. The summed E-state index contributed by atoms with van der Waals surface area (Å²) in [4.78, 5) is 4.86. The van der Waals surface area contributed by atoms with Gasteiger partial charge in [-0.05, 0) is 31.0 Å². The molecule has 1 fully saturated rings. The molecular weight excluding hydrogens is 276 g/mol. The molecule has 0 amide bonds. The fourth-order valence-electron chi connectivity index (χ4n) is 2.91. The minimum Gasteiger partial charge on any atom is -0.424 e. The summed E-state index contributed by atoms with van der Waals surface area (Å²) in [6, 6.07) is 6.55. The third-order valence-electron chi connectivity index (χ3n) is 4.46. The highest BCUT2D eigenvalue weighted by Crippen LogP contribution is 2.24. The molecule has 1 saturated heterocycles. The molecule has 0 aliphatic carbocycles. The second kappa shape index (κ2) is 6.48. The van der Waals surface area contributed by atoms with Crippen molar-refractivity contribution in [1.82, 2.24) is 15.1 Å². The summed E-state index contributed by atoms with van der Waals surface area (Å²) < 4.78 is 5.60. The molecule has 118 valence electrons. The number of hydrogen-bond acceptors (Lipinski definition) is 5. The fraction of sp³-hybridized carbons (Fsp3) is 0.529. The molecule has 5 nitrogen and oxygen atoms in total. The number of hydrogen-bond donors (Lipinski definition) is 0. The second-order valence-electron chi connectivity index (χ2n) is 5.93. The standard InChI is InChI=1S/C17H24N4O/c1-4-16-18-19-17(22-16)12-20-8-10-21(11-9-20)15-7-5-6-13(2)14(15)3/h5-7H,4,8-12H2,1-3H3. The van der Waals surface area contributed by atoms with Crippen molar-refractivity contribution in [2.75, 3.05) is 31.1 Å². The molecule has 1 aliphatic rings. The van der Waals surface area contributed by atoms with Gasteiger partial charge >= 0.3 is 0 Å². The van der Waals surface area contributed by atoms with Gasteiger partial charge in [-0.15, -0.1) is 10.2 Å². The van der Waals surface area contributed by atoms with Crippen LogP contribution in [0.4, 0.5) is 5.69 Å². The molecule has 1 aliphatic heterocycles. The van der Waals surface area contributed by atoms with E-state index in [0.717, 1.165) is 50.9 Å². The van der Waals surface area contributed by atoms with E-state index in [2.05, 4.69) is 52.0 Å². The van der Waals surface area contributed by atoms with E-state index in [9.17, 15) is 0 Å². The van der Waals surface area contributed by atoms with Gasteiger partial charge in [-0.2, -0.15) is 0 Å². The molecule has 0 spiro atoms. The first-order valence-electron chi connectivity index (χ1n) is 8.02. The lowest BCUT2D eigenvalue weighted by Gasteiger charge is -2.36. The van der Waals surface area contributed by atoms with Gasteiger partial charge in [0.15, 0.2) is 0 Å². The Morgan fingerprint density at radius 2 is 1.77 bits per heavy atom. The summed E-state index contributed by atoms with van der Waals surface area (Å²) in [5.41, 5.74) is 4.11. The van der Waals surface area contributed by atoms with E-state index in [4.69, 9.17) is 4.42 Å². The van der Waals surface area contributed by atoms with Gasteiger partial charge in [0, 0.05) is 38.3 Å². The zero-order chi connectivity index (χ0) is 15.5. The highest BCUT2D eigenvalue weighted by atomic mass is 16.4. The van der Waals surface area contributed by atoms with Gasteiger partial charge in [-0.1, -0.05) is 19.1 Å². The second-order valence-corrected chi connectivity index (χ2v) is 5.93. The SMILES string of the molecule is CCc1nnc(CN2CCN(c3cccc(C)c3C)CC2)o1. The molecule has 0 bridgehead atoms. The van der Waals surface area contributed by atoms with E-state index in [0.29, 0.717) is 0 Å². The fourth-order valence-corrected chi connectivity index (χ4v) is 2.91. The summed E-state index contributed by atoms with van der Waals surface area (Å²) in [5.74, 6) is 1.46. The summed E-state index contributed by atoms with van der Waals surface area (Å²) in [6.45, 7) is 11.3. The molecule has 0 unspecified atom stereocenters. The van der Waals surface area contributed by atoms with Crippen LogP contribution in [0.25, 0.3) is 0 Å². The van der Waals surface area contributed by atoms with Crippen LogP contribution < -0.4 is 4.90 Å². The van der Waals surface area contributed by atoms with Crippen molar-refractivity contribution < 1.29 is 4.42 Å². The normalized spacial score (nSPS) is 16.2. The Bertz CT molecular complexity index is 629. The van der Waals surface area contributed by atoms with Crippen LogP contribution >= 0.6 is 0 Å². The lowest BCUT2D eigenvalue weighted by molar-refractivity contribution is 0.224. The van der Waals surface area contributed by atoms with Crippen molar-refractivity contribution in [3.8, 4) is 0 Å². The quantitative estimate of drug-likeness (QED) is 0.868. The Balaban J connectivity index is 1.59. The highest BCUT2D eigenvalue weighted by molar-refractivity contribution is 5.56. The Labute approximate surface area is 131 Å². The minimum absolute atomic E-state index is 0.726. The highest BCUT2D eigenvalue weighted by Gasteiger charge is 2.20. The van der Waals surface area contributed by atoms with Crippen molar-refractivity contribution >= 4 is 5.69 Å². The maximum absolute atomic E-state index is 5.60. The van der Waals surface area contributed by atoms with E-state index < -0.39 is 0 Å². The molecule has 0 saturated carbocycles. The van der Waals surface area contributed by atoms with Crippen LogP contribution in [0, 0.1) is 13.8 Å². The van der Waals surface area contributed by atoms with Crippen molar-refractivity contribution in [2.45, 2.75) is 33.7 Å². The number of aromatic nitrogens is 2. The number of piperazine rings is 1. The summed E-state index contributed by atoms with van der Waals surface area (Å²) in [6.07, 6.45) is 0.799. The number of nitrogens with zero attached hydrogens (tertiary/aromatic N) is 4. The predicted octanol–water partition coefficient (Wildman–Crippen LogP) is 2.57. The van der Waals surface area contributed by atoms with Crippen LogP contribution in [0.5, 0.6) is 0 Å². The van der Waals surface area contributed by atoms with E-state index in [1.165, 1.54) is 16.8 Å². The maximum atomic E-state index is 5.60. The molecule has 22 heavy (non-hydrogen) atoms. The van der Waals surface area contributed by atoms with Gasteiger partial charge in [0.1, 0.15) is 0 Å². The van der Waals surface area contributed by atoms with Gasteiger partial charge in [0.05, 0.1) is 6.54 Å². The zero-order valence-corrected chi connectivity index (χ0v) is 13.7. The summed E-state index contributed by atoms with van der Waals surface area (Å²) in [5, 5.41) is 8.14. The first-order valence-corrected chi connectivity index (χ1v) is 8.02. The third-order valence-corrected chi connectivity index (χ3v) is 4.46. The maximum Gasteiger partial charge on any atom is 0.230 e. The largest absolute Gasteiger partial charge is 0.424 e. The Hall–Kier alpha value is -1.88. The summed E-state index contributed by atoms with van der Waals surface area (Å²) >= 11 is 0. The van der Waals surface area contributed by atoms with E-state index in [-0.39, 0.29) is 0 Å². The van der Waals surface area contributed by atoms with E-state index in [1.807, 2.05) is 6.92 Å². The lowest BCUT2D eigenvalue weighted by Crippen LogP contribution is -2.46. The topological polar surface area (TPSA) is 45.4 Å². The molecule has 2 heterocycles. The minimum atomic E-state index is 0.726. The summed E-state index contributed by atoms with van der Waals surface area (Å²) in [7, 11) is 0. The predicted molar refractivity (Wildman–Crippen MR) is 87.1 cm³/mol. The molecular formula is C17H24N4O. The first-order chi connectivity index (χ1) is 10.7. The van der Waals surface area contributed by atoms with Crippen LogP contribution in [0.3, 0.4) is 0 Å². The average molecular weight is 300 g/mol. The number of aryl methyl sites for hydroxylation is 2. The monoisotopic (exact) mass is 300 g/mol. The van der Waals surface area contributed by atoms with Gasteiger partial charge in [-0.25, -0.2) is 0 Å². The van der Waals surface area contributed by atoms with Gasteiger partial charge in [0.2, 0.25) is 11.8 Å². The zero-order valence-electron chi connectivity index (χ0n) is 13.7. The van der Waals surface area contributed by atoms with Gasteiger partial charge < -0.3 is 9.32 Å². The van der Waals surface area contributed by atoms with Crippen molar-refractivity contribution in [3.05, 3.63) is 41.1 Å².